The topological polar surface area (TPSA) is 38.9 Å². The molecule has 20 heavy (non-hydrogen) atoms. The van der Waals surface area contributed by atoms with Gasteiger partial charge in [0.2, 0.25) is 5.89 Å². The summed E-state index contributed by atoms with van der Waals surface area (Å²) in [5.74, 6) is 0.579. The number of hydrogen-bond donors (Lipinski definition) is 0. The first-order valence-corrected chi connectivity index (χ1v) is 6.59. The maximum absolute atomic E-state index is 5.91. The highest BCUT2D eigenvalue weighted by Gasteiger charge is 2.11. The van der Waals surface area contributed by atoms with E-state index in [0.29, 0.717) is 10.9 Å². The van der Waals surface area contributed by atoms with Crippen molar-refractivity contribution in [2.45, 2.75) is 0 Å². The van der Waals surface area contributed by atoms with Crippen LogP contribution in [0.4, 0.5) is 0 Å². The molecular weight excluding hydrogens is 272 g/mol. The molecule has 0 unspecified atom stereocenters. The van der Waals surface area contributed by atoms with Gasteiger partial charge in [-0.3, -0.25) is 4.98 Å². The molecular formula is C16H9ClN2O. The Hall–Kier alpha value is -2.39. The van der Waals surface area contributed by atoms with E-state index in [0.717, 1.165) is 27.6 Å². The smallest absolute Gasteiger partial charge is 0.227 e. The Balaban J connectivity index is 1.98. The predicted octanol–water partition coefficient (Wildman–Crippen LogP) is 4.70. The molecule has 2 aromatic carbocycles. The van der Waals surface area contributed by atoms with Gasteiger partial charge in [-0.2, -0.15) is 0 Å². The summed E-state index contributed by atoms with van der Waals surface area (Å²) in [5.41, 5.74) is 3.32. The average molecular weight is 281 g/mol. The van der Waals surface area contributed by atoms with E-state index >= 15 is 0 Å². The Morgan fingerprint density at radius 3 is 2.55 bits per heavy atom. The van der Waals surface area contributed by atoms with E-state index < -0.39 is 0 Å². The fourth-order valence-electron chi connectivity index (χ4n) is 2.24. The number of hydrogen-bond acceptors (Lipinski definition) is 3. The van der Waals surface area contributed by atoms with Gasteiger partial charge in [0.1, 0.15) is 5.52 Å². The maximum Gasteiger partial charge on any atom is 0.227 e. The van der Waals surface area contributed by atoms with Crippen molar-refractivity contribution in [3.05, 3.63) is 59.8 Å². The van der Waals surface area contributed by atoms with E-state index in [2.05, 4.69) is 9.97 Å². The van der Waals surface area contributed by atoms with Crippen LogP contribution >= 0.6 is 11.6 Å². The molecule has 0 aliphatic rings. The van der Waals surface area contributed by atoms with E-state index in [1.54, 1.807) is 6.20 Å². The Morgan fingerprint density at radius 1 is 0.900 bits per heavy atom. The number of rotatable bonds is 1. The molecule has 4 heteroatoms. The van der Waals surface area contributed by atoms with Crippen molar-refractivity contribution in [3.8, 4) is 11.5 Å². The van der Waals surface area contributed by atoms with Gasteiger partial charge in [0.25, 0.3) is 0 Å². The van der Waals surface area contributed by atoms with E-state index in [9.17, 15) is 0 Å². The summed E-state index contributed by atoms with van der Waals surface area (Å²) >= 11 is 5.89. The molecule has 0 bridgehead atoms. The highest BCUT2D eigenvalue weighted by Crippen LogP contribution is 2.29. The third-order valence-corrected chi connectivity index (χ3v) is 3.47. The molecule has 0 N–H and O–H groups in total. The van der Waals surface area contributed by atoms with E-state index in [1.165, 1.54) is 0 Å². The SMILES string of the molecule is Clc1ccc(-c2nc3cnc4ccccc4c3o2)cc1. The molecule has 0 fully saturated rings. The zero-order valence-corrected chi connectivity index (χ0v) is 11.1. The van der Waals surface area contributed by atoms with Crippen LogP contribution in [0.1, 0.15) is 0 Å². The Morgan fingerprint density at radius 2 is 1.70 bits per heavy atom. The minimum absolute atomic E-state index is 0.579. The van der Waals surface area contributed by atoms with Crippen molar-refractivity contribution in [1.29, 1.82) is 0 Å². The number of nitrogens with zero attached hydrogens (tertiary/aromatic N) is 2. The molecule has 0 amide bonds. The molecule has 3 nitrogen and oxygen atoms in total. The minimum atomic E-state index is 0.579. The lowest BCUT2D eigenvalue weighted by Gasteiger charge is -1.95. The molecule has 0 saturated heterocycles. The van der Waals surface area contributed by atoms with E-state index in [-0.39, 0.29) is 0 Å². The Kier molecular flexibility index (Phi) is 2.47. The van der Waals surface area contributed by atoms with Crippen molar-refractivity contribution in [1.82, 2.24) is 9.97 Å². The van der Waals surface area contributed by atoms with Gasteiger partial charge >= 0.3 is 0 Å². The molecule has 4 rings (SSSR count). The number of para-hydroxylation sites is 1. The highest BCUT2D eigenvalue weighted by molar-refractivity contribution is 6.30. The average Bonchev–Trinajstić information content (AvgIpc) is 2.92. The monoisotopic (exact) mass is 280 g/mol. The van der Waals surface area contributed by atoms with Crippen molar-refractivity contribution < 1.29 is 4.42 Å². The van der Waals surface area contributed by atoms with Gasteiger partial charge in [-0.25, -0.2) is 4.98 Å². The maximum atomic E-state index is 5.91. The summed E-state index contributed by atoms with van der Waals surface area (Å²) in [4.78, 5) is 8.88. The van der Waals surface area contributed by atoms with Crippen molar-refractivity contribution >= 4 is 33.6 Å². The lowest BCUT2D eigenvalue weighted by molar-refractivity contribution is 0.623. The van der Waals surface area contributed by atoms with Gasteiger partial charge in [0, 0.05) is 16.0 Å². The minimum Gasteiger partial charge on any atom is -0.435 e. The predicted molar refractivity (Wildman–Crippen MR) is 79.8 cm³/mol. The third-order valence-electron chi connectivity index (χ3n) is 3.22. The standard InChI is InChI=1S/C16H9ClN2O/c17-11-7-5-10(6-8-11)16-19-14-9-18-13-4-2-1-3-12(13)15(14)20-16/h1-9H. The van der Waals surface area contributed by atoms with Crippen LogP contribution < -0.4 is 0 Å². The van der Waals surface area contributed by atoms with Crippen LogP contribution in [-0.2, 0) is 0 Å². The first kappa shape index (κ1) is 11.4. The van der Waals surface area contributed by atoms with Gasteiger partial charge in [0.15, 0.2) is 5.58 Å². The summed E-state index contributed by atoms with van der Waals surface area (Å²) < 4.78 is 5.91. The van der Waals surface area contributed by atoms with Crippen molar-refractivity contribution in [2.75, 3.05) is 0 Å². The normalized spacial score (nSPS) is 11.2. The molecule has 0 spiro atoms. The fraction of sp³-hybridized carbons (Fsp3) is 0. The summed E-state index contributed by atoms with van der Waals surface area (Å²) in [5, 5.41) is 1.66. The summed E-state index contributed by atoms with van der Waals surface area (Å²) in [6, 6.07) is 15.3. The van der Waals surface area contributed by atoms with Gasteiger partial charge in [-0.1, -0.05) is 23.7 Å². The van der Waals surface area contributed by atoms with Crippen LogP contribution in [0.5, 0.6) is 0 Å². The molecule has 4 aromatic rings. The first-order chi connectivity index (χ1) is 9.81. The van der Waals surface area contributed by atoms with Gasteiger partial charge in [-0.15, -0.1) is 0 Å². The van der Waals surface area contributed by atoms with Crippen LogP contribution in [0.25, 0.3) is 33.5 Å². The van der Waals surface area contributed by atoms with Crippen LogP contribution in [0.2, 0.25) is 5.02 Å². The number of oxazole rings is 1. The third kappa shape index (κ3) is 1.75. The second-order valence-electron chi connectivity index (χ2n) is 4.52. The number of halogens is 1. The van der Waals surface area contributed by atoms with E-state index in [4.69, 9.17) is 16.0 Å². The second-order valence-corrected chi connectivity index (χ2v) is 4.95. The molecule has 2 heterocycles. The fourth-order valence-corrected chi connectivity index (χ4v) is 2.36. The molecule has 0 radical (unpaired) electrons. The van der Waals surface area contributed by atoms with E-state index in [1.807, 2.05) is 48.5 Å². The van der Waals surface area contributed by atoms with Gasteiger partial charge in [0.05, 0.1) is 11.7 Å². The highest BCUT2D eigenvalue weighted by atomic mass is 35.5. The zero-order valence-electron chi connectivity index (χ0n) is 10.4. The van der Waals surface area contributed by atoms with Crippen LogP contribution in [0.15, 0.2) is 59.1 Å². The van der Waals surface area contributed by atoms with Crippen LogP contribution in [0, 0.1) is 0 Å². The molecule has 0 aliphatic heterocycles. The second kappa shape index (κ2) is 4.32. The number of fused-ring (bicyclic) bond motifs is 3. The molecule has 0 atom stereocenters. The van der Waals surface area contributed by atoms with Gasteiger partial charge in [-0.05, 0) is 36.4 Å². The summed E-state index contributed by atoms with van der Waals surface area (Å²) in [6.07, 6.45) is 1.74. The molecule has 0 saturated carbocycles. The molecule has 96 valence electrons. The van der Waals surface area contributed by atoms with Crippen LogP contribution in [0.3, 0.4) is 0 Å². The van der Waals surface area contributed by atoms with Crippen molar-refractivity contribution in [3.63, 3.8) is 0 Å². The lowest BCUT2D eigenvalue weighted by atomic mass is 10.2. The lowest BCUT2D eigenvalue weighted by Crippen LogP contribution is -1.78. The number of benzene rings is 2. The largest absolute Gasteiger partial charge is 0.435 e. The van der Waals surface area contributed by atoms with Gasteiger partial charge < -0.3 is 4.42 Å². The van der Waals surface area contributed by atoms with Crippen LogP contribution in [-0.4, -0.2) is 9.97 Å². The first-order valence-electron chi connectivity index (χ1n) is 6.21. The Bertz CT molecular complexity index is 913. The van der Waals surface area contributed by atoms with Crippen molar-refractivity contribution in [2.24, 2.45) is 0 Å². The summed E-state index contributed by atoms with van der Waals surface area (Å²) in [7, 11) is 0. The summed E-state index contributed by atoms with van der Waals surface area (Å²) in [6.45, 7) is 0. The number of pyridine rings is 1. The molecule has 2 aromatic heterocycles. The molecule has 0 aliphatic carbocycles. The Labute approximate surface area is 119 Å². The number of aromatic nitrogens is 2. The zero-order chi connectivity index (χ0) is 13.5. The quantitative estimate of drug-likeness (QED) is 0.507.